The number of aromatic hydroxyl groups is 1. The molecule has 2 rings (SSSR count). The third kappa shape index (κ3) is 1.87. The fraction of sp³-hybridized carbons (Fsp3) is 0.0909. The van der Waals surface area contributed by atoms with E-state index < -0.39 is 11.9 Å². The second-order valence-electron chi connectivity index (χ2n) is 3.43. The van der Waals surface area contributed by atoms with E-state index in [9.17, 15) is 9.50 Å². The molecule has 1 atom stereocenters. The molecule has 0 saturated heterocycles. The number of rotatable bonds is 2. The number of nitrogens with two attached hydrogens (primary N) is 2. The summed E-state index contributed by atoms with van der Waals surface area (Å²) in [7, 11) is 0. The maximum atomic E-state index is 13.2. The van der Waals surface area contributed by atoms with E-state index in [1.807, 2.05) is 17.5 Å². The second kappa shape index (κ2) is 4.11. The summed E-state index contributed by atoms with van der Waals surface area (Å²) in [6.07, 6.45) is 0. The molecule has 0 amide bonds. The minimum Gasteiger partial charge on any atom is -0.505 e. The van der Waals surface area contributed by atoms with Gasteiger partial charge in [-0.1, -0.05) is 6.07 Å². The van der Waals surface area contributed by atoms with E-state index in [1.165, 1.54) is 17.4 Å². The molecule has 16 heavy (non-hydrogen) atoms. The first kappa shape index (κ1) is 10.9. The number of hydrogen-bond acceptors (Lipinski definition) is 4. The monoisotopic (exact) mass is 238 g/mol. The Labute approximate surface area is 96.1 Å². The van der Waals surface area contributed by atoms with Crippen LogP contribution in [0.3, 0.4) is 0 Å². The highest BCUT2D eigenvalue weighted by Crippen LogP contribution is 2.34. The number of thiophene rings is 1. The van der Waals surface area contributed by atoms with Crippen molar-refractivity contribution in [1.82, 2.24) is 0 Å². The van der Waals surface area contributed by atoms with Crippen molar-refractivity contribution in [3.05, 3.63) is 45.9 Å². The van der Waals surface area contributed by atoms with Crippen LogP contribution in [0.15, 0.2) is 29.6 Å². The Morgan fingerprint density at radius 2 is 2.12 bits per heavy atom. The van der Waals surface area contributed by atoms with Crippen molar-refractivity contribution in [2.24, 2.45) is 5.73 Å². The van der Waals surface area contributed by atoms with E-state index in [2.05, 4.69) is 0 Å². The zero-order valence-corrected chi connectivity index (χ0v) is 9.17. The number of anilines is 1. The van der Waals surface area contributed by atoms with Crippen LogP contribution in [0, 0.1) is 5.82 Å². The number of benzene rings is 1. The Bertz CT molecular complexity index is 499. The number of hydrogen-bond donors (Lipinski definition) is 3. The lowest BCUT2D eigenvalue weighted by molar-refractivity contribution is 0.465. The Morgan fingerprint density at radius 3 is 2.75 bits per heavy atom. The number of phenols is 1. The van der Waals surface area contributed by atoms with Gasteiger partial charge in [-0.05, 0) is 17.5 Å². The minimum atomic E-state index is -0.557. The molecule has 5 heteroatoms. The van der Waals surface area contributed by atoms with Crippen molar-refractivity contribution in [1.29, 1.82) is 0 Å². The molecule has 0 aliphatic rings. The second-order valence-corrected chi connectivity index (χ2v) is 4.41. The zero-order valence-electron chi connectivity index (χ0n) is 8.35. The summed E-state index contributed by atoms with van der Waals surface area (Å²) in [4.78, 5) is 0.848. The number of halogens is 1. The Hall–Kier alpha value is -1.59. The van der Waals surface area contributed by atoms with Crippen molar-refractivity contribution >= 4 is 17.0 Å². The molecule has 0 aliphatic carbocycles. The average Bonchev–Trinajstić information content (AvgIpc) is 2.75. The molecule has 1 heterocycles. The summed E-state index contributed by atoms with van der Waals surface area (Å²) in [6.45, 7) is 0. The van der Waals surface area contributed by atoms with Crippen molar-refractivity contribution in [2.45, 2.75) is 6.04 Å². The Morgan fingerprint density at radius 1 is 1.38 bits per heavy atom. The molecule has 84 valence electrons. The molecule has 0 aliphatic heterocycles. The van der Waals surface area contributed by atoms with Gasteiger partial charge < -0.3 is 16.6 Å². The van der Waals surface area contributed by atoms with E-state index in [0.717, 1.165) is 10.9 Å². The van der Waals surface area contributed by atoms with Crippen LogP contribution in [-0.4, -0.2) is 5.11 Å². The van der Waals surface area contributed by atoms with E-state index in [0.29, 0.717) is 5.56 Å². The molecular weight excluding hydrogens is 227 g/mol. The quantitative estimate of drug-likeness (QED) is 0.555. The first-order valence-corrected chi connectivity index (χ1v) is 5.54. The van der Waals surface area contributed by atoms with Crippen LogP contribution in [0.5, 0.6) is 5.75 Å². The predicted molar refractivity (Wildman–Crippen MR) is 62.8 cm³/mol. The van der Waals surface area contributed by atoms with Crippen molar-refractivity contribution in [3.8, 4) is 5.75 Å². The van der Waals surface area contributed by atoms with E-state index in [4.69, 9.17) is 11.5 Å². The molecule has 0 radical (unpaired) electrons. The SMILES string of the molecule is Nc1cc(F)cc([C@H](N)c2cccs2)c1O. The lowest BCUT2D eigenvalue weighted by atomic mass is 10.0. The van der Waals surface area contributed by atoms with Gasteiger partial charge in [0.05, 0.1) is 11.7 Å². The van der Waals surface area contributed by atoms with Gasteiger partial charge in [0.15, 0.2) is 0 Å². The lowest BCUT2D eigenvalue weighted by Gasteiger charge is -2.13. The van der Waals surface area contributed by atoms with Crippen LogP contribution in [0.1, 0.15) is 16.5 Å². The van der Waals surface area contributed by atoms with Gasteiger partial charge >= 0.3 is 0 Å². The van der Waals surface area contributed by atoms with Crippen molar-refractivity contribution in [3.63, 3.8) is 0 Å². The molecule has 1 aromatic heterocycles. The Balaban J connectivity index is 2.48. The van der Waals surface area contributed by atoms with Crippen LogP contribution >= 0.6 is 11.3 Å². The van der Waals surface area contributed by atoms with Crippen LogP contribution in [-0.2, 0) is 0 Å². The van der Waals surface area contributed by atoms with Crippen molar-refractivity contribution in [2.75, 3.05) is 5.73 Å². The summed E-state index contributed by atoms with van der Waals surface area (Å²) < 4.78 is 13.2. The number of phenolic OH excluding ortho intramolecular Hbond substituents is 1. The molecule has 0 saturated carbocycles. The summed E-state index contributed by atoms with van der Waals surface area (Å²) >= 11 is 1.45. The highest BCUT2D eigenvalue weighted by molar-refractivity contribution is 7.10. The van der Waals surface area contributed by atoms with Crippen LogP contribution < -0.4 is 11.5 Å². The van der Waals surface area contributed by atoms with E-state index >= 15 is 0 Å². The normalized spacial score (nSPS) is 12.6. The smallest absolute Gasteiger partial charge is 0.143 e. The molecule has 0 unspecified atom stereocenters. The predicted octanol–water partition coefficient (Wildman–Crippen LogP) is 2.22. The molecule has 3 nitrogen and oxygen atoms in total. The third-order valence-corrected chi connectivity index (χ3v) is 3.27. The van der Waals surface area contributed by atoms with Crippen LogP contribution in [0.4, 0.5) is 10.1 Å². The standard InChI is InChI=1S/C11H11FN2OS/c12-6-4-7(11(15)8(13)5-6)10(14)9-2-1-3-16-9/h1-5,10,15H,13-14H2/t10-/m0/s1. The average molecular weight is 238 g/mol. The maximum absolute atomic E-state index is 13.2. The first-order chi connectivity index (χ1) is 7.59. The summed E-state index contributed by atoms with van der Waals surface area (Å²) in [5.41, 5.74) is 11.7. The summed E-state index contributed by atoms with van der Waals surface area (Å²) in [6, 6.07) is 5.39. The summed E-state index contributed by atoms with van der Waals surface area (Å²) in [5, 5.41) is 11.6. The van der Waals surface area contributed by atoms with Crippen molar-refractivity contribution < 1.29 is 9.50 Å². The highest BCUT2D eigenvalue weighted by Gasteiger charge is 2.17. The van der Waals surface area contributed by atoms with E-state index in [1.54, 1.807) is 0 Å². The van der Waals surface area contributed by atoms with Gasteiger partial charge in [-0.2, -0.15) is 0 Å². The molecule has 1 aromatic carbocycles. The molecule has 5 N–H and O–H groups in total. The zero-order chi connectivity index (χ0) is 11.7. The lowest BCUT2D eigenvalue weighted by Crippen LogP contribution is -2.11. The van der Waals surface area contributed by atoms with Gasteiger partial charge in [-0.25, -0.2) is 4.39 Å². The molecule has 0 bridgehead atoms. The van der Waals surface area contributed by atoms with Crippen LogP contribution in [0.2, 0.25) is 0 Å². The molecule has 0 spiro atoms. The van der Waals surface area contributed by atoms with Gasteiger partial charge in [0.2, 0.25) is 0 Å². The maximum Gasteiger partial charge on any atom is 0.143 e. The third-order valence-electron chi connectivity index (χ3n) is 2.32. The summed E-state index contributed by atoms with van der Waals surface area (Å²) in [5.74, 6) is -0.653. The largest absolute Gasteiger partial charge is 0.505 e. The first-order valence-electron chi connectivity index (χ1n) is 4.66. The molecular formula is C11H11FN2OS. The van der Waals surface area contributed by atoms with Gasteiger partial charge in [0, 0.05) is 16.5 Å². The van der Waals surface area contributed by atoms with E-state index in [-0.39, 0.29) is 11.4 Å². The minimum absolute atomic E-state index is 0.00186. The van der Waals surface area contributed by atoms with Crippen LogP contribution in [0.25, 0.3) is 0 Å². The molecule has 2 aromatic rings. The van der Waals surface area contributed by atoms with Gasteiger partial charge in [0.25, 0.3) is 0 Å². The fourth-order valence-electron chi connectivity index (χ4n) is 1.50. The van der Waals surface area contributed by atoms with Gasteiger partial charge in [-0.15, -0.1) is 11.3 Å². The topological polar surface area (TPSA) is 72.3 Å². The fourth-order valence-corrected chi connectivity index (χ4v) is 2.25. The molecule has 0 fully saturated rings. The highest BCUT2D eigenvalue weighted by atomic mass is 32.1. The van der Waals surface area contributed by atoms with Gasteiger partial charge in [0.1, 0.15) is 11.6 Å². The van der Waals surface area contributed by atoms with Gasteiger partial charge in [-0.3, -0.25) is 0 Å². The Kier molecular flexibility index (Phi) is 2.80. The number of nitrogen functional groups attached to an aromatic ring is 1.